The van der Waals surface area contributed by atoms with Crippen LogP contribution in [0.15, 0.2) is 23.4 Å². The largest absolute Gasteiger partial charge is 0.303 e. The van der Waals surface area contributed by atoms with Crippen LogP contribution < -0.4 is 5.56 Å². The lowest BCUT2D eigenvalue weighted by atomic mass is 9.95. The van der Waals surface area contributed by atoms with Gasteiger partial charge in [-0.2, -0.15) is 0 Å². The topological polar surface area (TPSA) is 41.4 Å². The molecule has 1 unspecified atom stereocenters. The third-order valence-electron chi connectivity index (χ3n) is 5.65. The van der Waals surface area contributed by atoms with Crippen LogP contribution in [-0.4, -0.2) is 58.6 Å². The van der Waals surface area contributed by atoms with Gasteiger partial charge in [0, 0.05) is 24.8 Å². The summed E-state index contributed by atoms with van der Waals surface area (Å²) in [5, 5.41) is 0. The first-order valence-corrected chi connectivity index (χ1v) is 9.15. The van der Waals surface area contributed by atoms with Crippen LogP contribution in [-0.2, 0) is 6.54 Å². The SMILES string of the molecule is CN1CCCCC1CCN1CCC(Cn2cnccc2=O)CC1. The fourth-order valence-corrected chi connectivity index (χ4v) is 4.03. The van der Waals surface area contributed by atoms with Gasteiger partial charge >= 0.3 is 0 Å². The van der Waals surface area contributed by atoms with Crippen molar-refractivity contribution in [2.24, 2.45) is 5.92 Å². The van der Waals surface area contributed by atoms with Gasteiger partial charge in [-0.1, -0.05) is 6.42 Å². The van der Waals surface area contributed by atoms with Gasteiger partial charge < -0.3 is 9.80 Å². The monoisotopic (exact) mass is 318 g/mol. The van der Waals surface area contributed by atoms with Crippen LogP contribution in [0.3, 0.4) is 0 Å². The van der Waals surface area contributed by atoms with Crippen molar-refractivity contribution in [3.63, 3.8) is 0 Å². The van der Waals surface area contributed by atoms with E-state index in [-0.39, 0.29) is 5.56 Å². The maximum absolute atomic E-state index is 11.8. The van der Waals surface area contributed by atoms with E-state index in [1.54, 1.807) is 23.2 Å². The van der Waals surface area contributed by atoms with Gasteiger partial charge in [-0.25, -0.2) is 4.98 Å². The minimum atomic E-state index is 0.0720. The first kappa shape index (κ1) is 16.7. The Morgan fingerprint density at radius 3 is 2.74 bits per heavy atom. The lowest BCUT2D eigenvalue weighted by Crippen LogP contribution is -2.41. The third-order valence-corrected chi connectivity index (χ3v) is 5.65. The second-order valence-electron chi connectivity index (χ2n) is 7.27. The standard InChI is InChI=1S/C18H30N4O/c1-20-10-3-2-4-17(20)8-13-21-11-6-16(7-12-21)14-22-15-19-9-5-18(22)23/h5,9,15-17H,2-4,6-8,10-14H2,1H3. The van der Waals surface area contributed by atoms with E-state index in [1.165, 1.54) is 64.7 Å². The molecule has 2 aliphatic rings. The predicted octanol–water partition coefficient (Wildman–Crippen LogP) is 1.83. The number of hydrogen-bond acceptors (Lipinski definition) is 4. The molecule has 5 nitrogen and oxygen atoms in total. The summed E-state index contributed by atoms with van der Waals surface area (Å²) in [7, 11) is 2.28. The van der Waals surface area contributed by atoms with E-state index in [9.17, 15) is 4.79 Å². The van der Waals surface area contributed by atoms with Crippen molar-refractivity contribution >= 4 is 0 Å². The van der Waals surface area contributed by atoms with E-state index in [2.05, 4.69) is 21.8 Å². The summed E-state index contributed by atoms with van der Waals surface area (Å²) in [5.74, 6) is 0.616. The van der Waals surface area contributed by atoms with Crippen LogP contribution in [0.25, 0.3) is 0 Å². The van der Waals surface area contributed by atoms with Gasteiger partial charge in [0.15, 0.2) is 0 Å². The van der Waals surface area contributed by atoms with Crippen LogP contribution in [0.4, 0.5) is 0 Å². The molecule has 2 fully saturated rings. The van der Waals surface area contributed by atoms with Crippen LogP contribution in [0.2, 0.25) is 0 Å². The van der Waals surface area contributed by atoms with Gasteiger partial charge in [0.1, 0.15) is 0 Å². The van der Waals surface area contributed by atoms with Crippen molar-refractivity contribution in [1.82, 2.24) is 19.4 Å². The Balaban J connectivity index is 1.40. The zero-order valence-electron chi connectivity index (χ0n) is 14.4. The molecule has 0 amide bonds. The Morgan fingerprint density at radius 2 is 2.00 bits per heavy atom. The summed E-state index contributed by atoms with van der Waals surface area (Å²) in [6, 6.07) is 2.34. The summed E-state index contributed by atoms with van der Waals surface area (Å²) >= 11 is 0. The van der Waals surface area contributed by atoms with E-state index < -0.39 is 0 Å². The molecule has 0 aliphatic carbocycles. The number of aromatic nitrogens is 2. The van der Waals surface area contributed by atoms with Crippen LogP contribution in [0, 0.1) is 5.92 Å². The molecule has 128 valence electrons. The van der Waals surface area contributed by atoms with Gasteiger partial charge in [0.2, 0.25) is 0 Å². The van der Waals surface area contributed by atoms with Gasteiger partial charge in [-0.15, -0.1) is 0 Å². The summed E-state index contributed by atoms with van der Waals surface area (Å²) in [5.41, 5.74) is 0.0720. The second-order valence-corrected chi connectivity index (χ2v) is 7.27. The molecule has 2 aliphatic heterocycles. The molecular formula is C18H30N4O. The summed E-state index contributed by atoms with van der Waals surface area (Å²) in [4.78, 5) is 21.0. The Labute approximate surface area is 139 Å². The smallest absolute Gasteiger partial charge is 0.253 e. The first-order chi connectivity index (χ1) is 11.2. The van der Waals surface area contributed by atoms with Crippen molar-refractivity contribution in [3.05, 3.63) is 28.9 Å². The van der Waals surface area contributed by atoms with E-state index >= 15 is 0 Å². The van der Waals surface area contributed by atoms with E-state index in [0.717, 1.165) is 12.6 Å². The van der Waals surface area contributed by atoms with E-state index in [4.69, 9.17) is 0 Å². The van der Waals surface area contributed by atoms with E-state index in [0.29, 0.717) is 5.92 Å². The zero-order valence-corrected chi connectivity index (χ0v) is 14.4. The van der Waals surface area contributed by atoms with Gasteiger partial charge in [-0.3, -0.25) is 9.36 Å². The number of piperidine rings is 2. The van der Waals surface area contributed by atoms with Crippen LogP contribution in [0.1, 0.15) is 38.5 Å². The van der Waals surface area contributed by atoms with E-state index in [1.807, 2.05) is 0 Å². The highest BCUT2D eigenvalue weighted by Gasteiger charge is 2.23. The fraction of sp³-hybridized carbons (Fsp3) is 0.778. The highest BCUT2D eigenvalue weighted by Crippen LogP contribution is 2.21. The Bertz CT molecular complexity index is 536. The molecule has 1 aromatic heterocycles. The van der Waals surface area contributed by atoms with Crippen molar-refractivity contribution < 1.29 is 0 Å². The molecule has 0 saturated carbocycles. The van der Waals surface area contributed by atoms with Crippen molar-refractivity contribution in [2.75, 3.05) is 33.2 Å². The minimum absolute atomic E-state index is 0.0720. The average molecular weight is 318 g/mol. The van der Waals surface area contributed by atoms with Gasteiger partial charge in [-0.05, 0) is 71.2 Å². The molecule has 3 heterocycles. The summed E-state index contributed by atoms with van der Waals surface area (Å²) in [6.07, 6.45) is 11.1. The molecule has 23 heavy (non-hydrogen) atoms. The van der Waals surface area contributed by atoms with Crippen molar-refractivity contribution in [3.8, 4) is 0 Å². The molecule has 1 atom stereocenters. The third kappa shape index (κ3) is 4.64. The maximum atomic E-state index is 11.8. The van der Waals surface area contributed by atoms with Crippen molar-refractivity contribution in [2.45, 2.75) is 51.1 Å². The zero-order chi connectivity index (χ0) is 16.1. The Hall–Kier alpha value is -1.20. The lowest BCUT2D eigenvalue weighted by Gasteiger charge is -2.36. The van der Waals surface area contributed by atoms with Gasteiger partial charge in [0.05, 0.1) is 6.33 Å². The average Bonchev–Trinajstić information content (AvgIpc) is 2.57. The Morgan fingerprint density at radius 1 is 1.17 bits per heavy atom. The molecule has 3 rings (SSSR count). The maximum Gasteiger partial charge on any atom is 0.253 e. The molecule has 1 aromatic rings. The second kappa shape index (κ2) is 8.06. The number of likely N-dealkylation sites (tertiary alicyclic amines) is 2. The van der Waals surface area contributed by atoms with Gasteiger partial charge in [0.25, 0.3) is 5.56 Å². The molecule has 0 aromatic carbocycles. The summed E-state index contributed by atoms with van der Waals surface area (Å²) < 4.78 is 1.76. The Kier molecular flexibility index (Phi) is 5.84. The highest BCUT2D eigenvalue weighted by molar-refractivity contribution is 4.84. The normalized spacial score (nSPS) is 24.8. The lowest BCUT2D eigenvalue weighted by molar-refractivity contribution is 0.130. The highest BCUT2D eigenvalue weighted by atomic mass is 16.1. The first-order valence-electron chi connectivity index (χ1n) is 9.15. The molecule has 2 saturated heterocycles. The molecular weight excluding hydrogens is 288 g/mol. The molecule has 0 spiro atoms. The molecule has 0 radical (unpaired) electrons. The number of nitrogens with zero attached hydrogens (tertiary/aromatic N) is 4. The number of hydrogen-bond donors (Lipinski definition) is 0. The molecule has 0 bridgehead atoms. The van der Waals surface area contributed by atoms with Crippen LogP contribution >= 0.6 is 0 Å². The number of rotatable bonds is 5. The van der Waals surface area contributed by atoms with Crippen molar-refractivity contribution in [1.29, 1.82) is 0 Å². The minimum Gasteiger partial charge on any atom is -0.303 e. The van der Waals surface area contributed by atoms with Crippen LogP contribution in [0.5, 0.6) is 0 Å². The predicted molar refractivity (Wildman–Crippen MR) is 92.5 cm³/mol. The quantitative estimate of drug-likeness (QED) is 0.830. The summed E-state index contributed by atoms with van der Waals surface area (Å²) in [6.45, 7) is 5.68. The molecule has 5 heteroatoms. The fourth-order valence-electron chi connectivity index (χ4n) is 4.03. The molecule has 0 N–H and O–H groups in total.